The van der Waals surface area contributed by atoms with Gasteiger partial charge in [0.15, 0.2) is 0 Å². The van der Waals surface area contributed by atoms with Crippen LogP contribution in [0.4, 0.5) is 0 Å². The minimum Gasteiger partial charge on any atom is -0.342 e. The van der Waals surface area contributed by atoms with E-state index in [1.165, 1.54) is 0 Å². The van der Waals surface area contributed by atoms with Crippen molar-refractivity contribution in [2.75, 3.05) is 0 Å². The molecule has 1 atom stereocenters. The number of fused-ring (bicyclic) bond motifs is 1. The Morgan fingerprint density at radius 1 is 1.28 bits per heavy atom. The molecule has 1 aromatic heterocycles. The van der Waals surface area contributed by atoms with Gasteiger partial charge < -0.3 is 9.88 Å². The van der Waals surface area contributed by atoms with E-state index in [2.05, 4.69) is 16.5 Å². The molecule has 0 saturated heterocycles. The van der Waals surface area contributed by atoms with Gasteiger partial charge in [-0.25, -0.2) is 4.98 Å². The topological polar surface area (TPSA) is 46.9 Å². The maximum Gasteiger partial charge on any atom is 0.251 e. The molecule has 4 nitrogen and oxygen atoms in total. The van der Waals surface area contributed by atoms with Crippen molar-refractivity contribution in [2.24, 2.45) is 0 Å². The Hall–Kier alpha value is -2.59. The summed E-state index contributed by atoms with van der Waals surface area (Å²) in [4.78, 5) is 17.2. The summed E-state index contributed by atoms with van der Waals surface area (Å²) in [6.07, 6.45) is 0. The highest BCUT2D eigenvalue weighted by atomic mass is 35.5. The number of hydrogen-bond acceptors (Lipinski definition) is 2. The standard InChI is InChI=1S/C20H20ClN3O/c1-13(2)12-24-18-10-5-4-9-17(18)23-19(24)14(3)22-20(25)15-7-6-8-16(21)11-15/h4-11,14H,1,12H2,2-3H3,(H,22,25). The van der Waals surface area contributed by atoms with Gasteiger partial charge in [-0.05, 0) is 44.2 Å². The average Bonchev–Trinajstić information content (AvgIpc) is 2.93. The fourth-order valence-electron chi connectivity index (χ4n) is 2.84. The Bertz CT molecular complexity index is 945. The van der Waals surface area contributed by atoms with Crippen LogP contribution in [-0.4, -0.2) is 15.5 Å². The summed E-state index contributed by atoms with van der Waals surface area (Å²) in [6, 6.07) is 14.6. The lowest BCUT2D eigenvalue weighted by atomic mass is 10.2. The summed E-state index contributed by atoms with van der Waals surface area (Å²) in [6.45, 7) is 8.57. The second-order valence-electron chi connectivity index (χ2n) is 6.21. The van der Waals surface area contributed by atoms with Gasteiger partial charge in [0.1, 0.15) is 5.82 Å². The van der Waals surface area contributed by atoms with Crippen LogP contribution < -0.4 is 5.32 Å². The molecule has 0 saturated carbocycles. The number of hydrogen-bond donors (Lipinski definition) is 1. The predicted octanol–water partition coefficient (Wildman–Crippen LogP) is 4.76. The lowest BCUT2D eigenvalue weighted by molar-refractivity contribution is 0.0938. The zero-order valence-corrected chi connectivity index (χ0v) is 15.0. The largest absolute Gasteiger partial charge is 0.342 e. The molecule has 1 amide bonds. The molecule has 0 spiro atoms. The second kappa shape index (κ2) is 7.11. The van der Waals surface area contributed by atoms with Crippen LogP contribution in [0.2, 0.25) is 5.02 Å². The van der Waals surface area contributed by atoms with Crippen LogP contribution in [0.1, 0.15) is 36.1 Å². The van der Waals surface area contributed by atoms with Crippen LogP contribution in [0, 0.1) is 0 Å². The summed E-state index contributed by atoms with van der Waals surface area (Å²) in [5.74, 6) is 0.628. The predicted molar refractivity (Wildman–Crippen MR) is 102 cm³/mol. The summed E-state index contributed by atoms with van der Waals surface area (Å²) >= 11 is 5.97. The lowest BCUT2D eigenvalue weighted by Crippen LogP contribution is -2.28. The third-order valence-corrected chi connectivity index (χ3v) is 4.17. The van der Waals surface area contributed by atoms with E-state index < -0.39 is 0 Å². The quantitative estimate of drug-likeness (QED) is 0.672. The Kier molecular flexibility index (Phi) is 4.91. The minimum atomic E-state index is -0.252. The number of halogens is 1. The molecule has 0 aliphatic rings. The first-order valence-corrected chi connectivity index (χ1v) is 8.49. The van der Waals surface area contributed by atoms with Crippen LogP contribution in [0.15, 0.2) is 60.7 Å². The fourth-order valence-corrected chi connectivity index (χ4v) is 3.03. The number of rotatable bonds is 5. The molecule has 0 fully saturated rings. The van der Waals surface area contributed by atoms with Gasteiger partial charge >= 0.3 is 0 Å². The number of aromatic nitrogens is 2. The number of carbonyl (C=O) groups is 1. The molecule has 0 aliphatic carbocycles. The number of nitrogens with one attached hydrogen (secondary N) is 1. The smallest absolute Gasteiger partial charge is 0.251 e. The Morgan fingerprint density at radius 2 is 2.04 bits per heavy atom. The first-order valence-electron chi connectivity index (χ1n) is 8.11. The van der Waals surface area contributed by atoms with Crippen LogP contribution >= 0.6 is 11.6 Å². The molecule has 1 unspecified atom stereocenters. The van der Waals surface area contributed by atoms with Crippen molar-refractivity contribution >= 4 is 28.5 Å². The van der Waals surface area contributed by atoms with E-state index in [9.17, 15) is 4.79 Å². The molecule has 25 heavy (non-hydrogen) atoms. The first-order chi connectivity index (χ1) is 12.0. The molecule has 2 aromatic carbocycles. The van der Waals surface area contributed by atoms with Crippen LogP contribution in [0.5, 0.6) is 0 Å². The first kappa shape index (κ1) is 17.2. The molecule has 3 aromatic rings. The number of benzene rings is 2. The third-order valence-electron chi connectivity index (χ3n) is 3.93. The number of allylic oxidation sites excluding steroid dienone is 1. The summed E-state index contributed by atoms with van der Waals surface area (Å²) < 4.78 is 2.10. The fraction of sp³-hybridized carbons (Fsp3) is 0.200. The molecular formula is C20H20ClN3O. The molecule has 1 heterocycles. The van der Waals surface area contributed by atoms with E-state index in [-0.39, 0.29) is 11.9 Å². The van der Waals surface area contributed by atoms with E-state index in [1.54, 1.807) is 24.3 Å². The Balaban J connectivity index is 1.92. The summed E-state index contributed by atoms with van der Waals surface area (Å²) in [5.41, 5.74) is 3.49. The molecule has 3 rings (SSSR count). The van der Waals surface area contributed by atoms with E-state index in [1.807, 2.05) is 38.1 Å². The summed E-state index contributed by atoms with van der Waals surface area (Å²) in [5, 5.41) is 3.54. The van der Waals surface area contributed by atoms with E-state index >= 15 is 0 Å². The van der Waals surface area contributed by atoms with Crippen molar-refractivity contribution in [1.29, 1.82) is 0 Å². The average molecular weight is 354 g/mol. The zero-order valence-electron chi connectivity index (χ0n) is 14.3. The molecule has 1 N–H and O–H groups in total. The maximum atomic E-state index is 12.5. The van der Waals surface area contributed by atoms with Gasteiger partial charge in [-0.15, -0.1) is 0 Å². The van der Waals surface area contributed by atoms with E-state index in [0.29, 0.717) is 17.1 Å². The molecular weight excluding hydrogens is 334 g/mol. The molecule has 5 heteroatoms. The van der Waals surface area contributed by atoms with Crippen LogP contribution in [0.25, 0.3) is 11.0 Å². The monoisotopic (exact) mass is 353 g/mol. The van der Waals surface area contributed by atoms with Crippen molar-refractivity contribution in [3.63, 3.8) is 0 Å². The molecule has 0 aliphatic heterocycles. The van der Waals surface area contributed by atoms with Gasteiger partial charge in [-0.2, -0.15) is 0 Å². The Labute approximate surface area is 152 Å². The zero-order chi connectivity index (χ0) is 18.0. The van der Waals surface area contributed by atoms with Crippen LogP contribution in [-0.2, 0) is 6.54 Å². The number of para-hydroxylation sites is 2. The number of nitrogens with zero attached hydrogens (tertiary/aromatic N) is 2. The number of amides is 1. The van der Waals surface area contributed by atoms with E-state index in [0.717, 1.165) is 22.4 Å². The molecule has 128 valence electrons. The molecule has 0 radical (unpaired) electrons. The summed E-state index contributed by atoms with van der Waals surface area (Å²) in [7, 11) is 0. The van der Waals surface area contributed by atoms with Gasteiger partial charge in [0.2, 0.25) is 0 Å². The van der Waals surface area contributed by atoms with Gasteiger partial charge in [0.25, 0.3) is 5.91 Å². The highest BCUT2D eigenvalue weighted by Crippen LogP contribution is 2.22. The van der Waals surface area contributed by atoms with Crippen molar-refractivity contribution in [3.8, 4) is 0 Å². The Morgan fingerprint density at radius 3 is 2.76 bits per heavy atom. The van der Waals surface area contributed by atoms with Crippen molar-refractivity contribution < 1.29 is 4.79 Å². The van der Waals surface area contributed by atoms with Crippen molar-refractivity contribution in [2.45, 2.75) is 26.4 Å². The van der Waals surface area contributed by atoms with Gasteiger partial charge in [0, 0.05) is 17.1 Å². The van der Waals surface area contributed by atoms with Gasteiger partial charge in [0.05, 0.1) is 17.1 Å². The normalized spacial score (nSPS) is 12.1. The van der Waals surface area contributed by atoms with Gasteiger partial charge in [-0.3, -0.25) is 4.79 Å². The highest BCUT2D eigenvalue weighted by Gasteiger charge is 2.19. The van der Waals surface area contributed by atoms with Crippen LogP contribution in [0.3, 0.4) is 0 Å². The van der Waals surface area contributed by atoms with Crippen molar-refractivity contribution in [1.82, 2.24) is 14.9 Å². The van der Waals surface area contributed by atoms with E-state index in [4.69, 9.17) is 16.6 Å². The SMILES string of the molecule is C=C(C)Cn1c(C(C)NC(=O)c2cccc(Cl)c2)nc2ccccc21. The van der Waals surface area contributed by atoms with Gasteiger partial charge in [-0.1, -0.05) is 42.0 Å². The van der Waals surface area contributed by atoms with Crippen molar-refractivity contribution in [3.05, 3.63) is 77.1 Å². The second-order valence-corrected chi connectivity index (χ2v) is 6.64. The highest BCUT2D eigenvalue weighted by molar-refractivity contribution is 6.30. The number of carbonyl (C=O) groups excluding carboxylic acids is 1. The number of imidazole rings is 1. The third kappa shape index (κ3) is 3.74. The minimum absolute atomic E-state index is 0.177. The lowest BCUT2D eigenvalue weighted by Gasteiger charge is -2.16. The maximum absolute atomic E-state index is 12.5. The molecule has 0 bridgehead atoms.